The summed E-state index contributed by atoms with van der Waals surface area (Å²) >= 11 is 0. The summed E-state index contributed by atoms with van der Waals surface area (Å²) in [6.45, 7) is 5.60. The zero-order valence-electron chi connectivity index (χ0n) is 15.2. The molecule has 0 aliphatic carbocycles. The lowest BCUT2D eigenvalue weighted by molar-refractivity contribution is -0.175. The number of nitrogens with zero attached hydrogens (tertiary/aromatic N) is 1. The molecule has 26 heavy (non-hydrogen) atoms. The van der Waals surface area contributed by atoms with E-state index in [-0.39, 0.29) is 11.6 Å². The van der Waals surface area contributed by atoms with E-state index in [0.717, 1.165) is 5.56 Å². The quantitative estimate of drug-likeness (QED) is 0.497. The van der Waals surface area contributed by atoms with Crippen LogP contribution in [0.3, 0.4) is 0 Å². The number of benzene rings is 1. The van der Waals surface area contributed by atoms with Crippen molar-refractivity contribution >= 4 is 17.3 Å². The number of halogens is 1. The van der Waals surface area contributed by atoms with Crippen molar-refractivity contribution in [3.8, 4) is 0 Å². The van der Waals surface area contributed by atoms with Crippen molar-refractivity contribution in [2.75, 3.05) is 18.5 Å². The second-order valence-electron chi connectivity index (χ2n) is 6.43. The summed E-state index contributed by atoms with van der Waals surface area (Å²) in [6, 6.07) is 6.38. The molecule has 0 saturated carbocycles. The second kappa shape index (κ2) is 8.73. The molecule has 0 saturated heterocycles. The third-order valence-corrected chi connectivity index (χ3v) is 3.52. The topological polar surface area (TPSA) is 83.5 Å². The number of aryl methyl sites for hydroxylation is 1. The molecule has 0 unspecified atom stereocenters. The number of pyridine rings is 1. The first-order valence-electron chi connectivity index (χ1n) is 8.38. The van der Waals surface area contributed by atoms with Gasteiger partial charge in [-0.25, -0.2) is 4.39 Å². The van der Waals surface area contributed by atoms with E-state index in [4.69, 9.17) is 4.74 Å². The standard InChI is InChI=1S/C19H24FN3O3/c1-13-5-6-16(15(20)11-13)23-17-12-21-9-7-14(17)18(24)22-8-4-10-26-19(2,3)25/h5-7,9,11-12,23,25H,4,8,10H2,1-3H3,(H,22,24). The number of ether oxygens (including phenoxy) is 1. The van der Waals surface area contributed by atoms with Crippen LogP contribution < -0.4 is 10.6 Å². The van der Waals surface area contributed by atoms with Gasteiger partial charge in [0.1, 0.15) is 5.82 Å². The first-order valence-corrected chi connectivity index (χ1v) is 8.38. The number of carbonyl (C=O) groups excluding carboxylic acids is 1. The van der Waals surface area contributed by atoms with Crippen LogP contribution in [0, 0.1) is 12.7 Å². The molecule has 0 fully saturated rings. The Hall–Kier alpha value is -2.51. The molecule has 2 rings (SSSR count). The Morgan fingerprint density at radius 3 is 2.77 bits per heavy atom. The van der Waals surface area contributed by atoms with E-state index in [1.54, 1.807) is 39.0 Å². The maximum absolute atomic E-state index is 14.0. The van der Waals surface area contributed by atoms with E-state index < -0.39 is 11.6 Å². The van der Waals surface area contributed by atoms with E-state index in [0.29, 0.717) is 30.8 Å². The Morgan fingerprint density at radius 2 is 2.08 bits per heavy atom. The van der Waals surface area contributed by atoms with Crippen LogP contribution in [0.4, 0.5) is 15.8 Å². The fourth-order valence-electron chi connectivity index (χ4n) is 2.25. The Labute approximate surface area is 152 Å². The first kappa shape index (κ1) is 19.8. The third kappa shape index (κ3) is 6.09. The number of amides is 1. The van der Waals surface area contributed by atoms with Crippen LogP contribution in [0.2, 0.25) is 0 Å². The zero-order chi connectivity index (χ0) is 19.2. The van der Waals surface area contributed by atoms with Crippen LogP contribution in [0.5, 0.6) is 0 Å². The maximum Gasteiger partial charge on any atom is 0.253 e. The van der Waals surface area contributed by atoms with Gasteiger partial charge in [-0.3, -0.25) is 9.78 Å². The SMILES string of the molecule is Cc1ccc(Nc2cnccc2C(=O)NCCCOC(C)(C)O)c(F)c1. The summed E-state index contributed by atoms with van der Waals surface area (Å²) in [6.07, 6.45) is 3.53. The van der Waals surface area contributed by atoms with Crippen molar-refractivity contribution in [2.45, 2.75) is 33.0 Å². The molecular weight excluding hydrogens is 337 g/mol. The molecule has 3 N–H and O–H groups in total. The number of aromatic nitrogens is 1. The van der Waals surface area contributed by atoms with E-state index in [1.165, 1.54) is 18.5 Å². The van der Waals surface area contributed by atoms with Gasteiger partial charge in [0.15, 0.2) is 5.79 Å². The fourth-order valence-corrected chi connectivity index (χ4v) is 2.25. The van der Waals surface area contributed by atoms with Gasteiger partial charge in [0.25, 0.3) is 5.91 Å². The molecule has 6 nitrogen and oxygen atoms in total. The molecule has 1 aromatic carbocycles. The zero-order valence-corrected chi connectivity index (χ0v) is 15.2. The summed E-state index contributed by atoms with van der Waals surface area (Å²) in [5, 5.41) is 15.2. The molecule has 0 aliphatic rings. The highest BCUT2D eigenvalue weighted by Crippen LogP contribution is 2.23. The van der Waals surface area contributed by atoms with Crippen molar-refractivity contribution in [1.29, 1.82) is 0 Å². The van der Waals surface area contributed by atoms with E-state index in [9.17, 15) is 14.3 Å². The largest absolute Gasteiger partial charge is 0.366 e. The van der Waals surface area contributed by atoms with Crippen molar-refractivity contribution in [3.05, 3.63) is 53.6 Å². The van der Waals surface area contributed by atoms with Gasteiger partial charge in [0, 0.05) is 12.7 Å². The summed E-state index contributed by atoms with van der Waals surface area (Å²) < 4.78 is 19.2. The lowest BCUT2D eigenvalue weighted by Gasteiger charge is -2.18. The Kier molecular flexibility index (Phi) is 6.65. The molecule has 0 spiro atoms. The molecule has 0 bridgehead atoms. The van der Waals surface area contributed by atoms with Gasteiger partial charge < -0.3 is 20.5 Å². The van der Waals surface area contributed by atoms with Crippen LogP contribution in [0.1, 0.15) is 36.2 Å². The lowest BCUT2D eigenvalue weighted by atomic mass is 10.1. The molecule has 1 aromatic heterocycles. The monoisotopic (exact) mass is 361 g/mol. The van der Waals surface area contributed by atoms with Gasteiger partial charge in [-0.1, -0.05) is 6.07 Å². The lowest BCUT2D eigenvalue weighted by Crippen LogP contribution is -2.28. The highest BCUT2D eigenvalue weighted by atomic mass is 19.1. The van der Waals surface area contributed by atoms with Gasteiger partial charge in [-0.05, 0) is 51.0 Å². The molecule has 2 aromatic rings. The summed E-state index contributed by atoms with van der Waals surface area (Å²) in [5.41, 5.74) is 1.87. The molecule has 7 heteroatoms. The molecule has 0 atom stereocenters. The van der Waals surface area contributed by atoms with Gasteiger partial charge in [-0.15, -0.1) is 0 Å². The highest BCUT2D eigenvalue weighted by Gasteiger charge is 2.14. The predicted octanol–water partition coefficient (Wildman–Crippen LogP) is 3.14. The third-order valence-electron chi connectivity index (χ3n) is 3.52. The minimum atomic E-state index is -1.19. The molecule has 1 amide bonds. The number of nitrogens with one attached hydrogen (secondary N) is 2. The minimum absolute atomic E-state index is 0.274. The first-order chi connectivity index (χ1) is 12.3. The summed E-state index contributed by atoms with van der Waals surface area (Å²) in [4.78, 5) is 16.4. The minimum Gasteiger partial charge on any atom is -0.366 e. The smallest absolute Gasteiger partial charge is 0.253 e. The molecule has 140 valence electrons. The van der Waals surface area contributed by atoms with Crippen LogP contribution >= 0.6 is 0 Å². The maximum atomic E-state index is 14.0. The Bertz CT molecular complexity index is 760. The predicted molar refractivity (Wildman–Crippen MR) is 97.9 cm³/mol. The van der Waals surface area contributed by atoms with Crippen molar-refractivity contribution in [1.82, 2.24) is 10.3 Å². The average molecular weight is 361 g/mol. The van der Waals surface area contributed by atoms with E-state index in [1.807, 2.05) is 0 Å². The van der Waals surface area contributed by atoms with Crippen LogP contribution in [0.15, 0.2) is 36.7 Å². The van der Waals surface area contributed by atoms with Crippen LogP contribution in [0.25, 0.3) is 0 Å². The number of anilines is 2. The Morgan fingerprint density at radius 1 is 1.31 bits per heavy atom. The van der Waals surface area contributed by atoms with Crippen LogP contribution in [-0.2, 0) is 4.74 Å². The summed E-state index contributed by atoms with van der Waals surface area (Å²) in [5.74, 6) is -1.89. The number of hydrogen-bond acceptors (Lipinski definition) is 5. The molecule has 0 aliphatic heterocycles. The number of aliphatic hydroxyl groups is 1. The van der Waals surface area contributed by atoms with E-state index >= 15 is 0 Å². The Balaban J connectivity index is 1.98. The van der Waals surface area contributed by atoms with Crippen LogP contribution in [-0.4, -0.2) is 34.9 Å². The number of rotatable bonds is 8. The highest BCUT2D eigenvalue weighted by molar-refractivity contribution is 6.00. The van der Waals surface area contributed by atoms with Crippen molar-refractivity contribution in [3.63, 3.8) is 0 Å². The van der Waals surface area contributed by atoms with Gasteiger partial charge in [0.2, 0.25) is 0 Å². The van der Waals surface area contributed by atoms with Gasteiger partial charge in [-0.2, -0.15) is 0 Å². The normalized spacial score (nSPS) is 11.3. The average Bonchev–Trinajstić information content (AvgIpc) is 2.56. The van der Waals surface area contributed by atoms with Crippen molar-refractivity contribution in [2.24, 2.45) is 0 Å². The number of hydrogen-bond donors (Lipinski definition) is 3. The van der Waals surface area contributed by atoms with Gasteiger partial charge in [0.05, 0.1) is 29.7 Å². The second-order valence-corrected chi connectivity index (χ2v) is 6.43. The molecule has 1 heterocycles. The molecule has 0 radical (unpaired) electrons. The molecular formula is C19H24FN3O3. The number of carbonyl (C=O) groups is 1. The van der Waals surface area contributed by atoms with Gasteiger partial charge >= 0.3 is 0 Å². The van der Waals surface area contributed by atoms with E-state index in [2.05, 4.69) is 15.6 Å². The fraction of sp³-hybridized carbons (Fsp3) is 0.368. The van der Waals surface area contributed by atoms with Crippen molar-refractivity contribution < 1.29 is 19.0 Å². The summed E-state index contributed by atoms with van der Waals surface area (Å²) in [7, 11) is 0.